The van der Waals surface area contributed by atoms with Crippen LogP contribution in [0.2, 0.25) is 0 Å². The second kappa shape index (κ2) is 8.91. The molecule has 0 aliphatic carbocycles. The van der Waals surface area contributed by atoms with Gasteiger partial charge in [0.25, 0.3) is 11.2 Å². The van der Waals surface area contributed by atoms with Crippen molar-refractivity contribution in [1.82, 2.24) is 9.55 Å². The number of nitrogens with zero attached hydrogens (tertiary/aromatic N) is 4. The molecule has 0 fully saturated rings. The van der Waals surface area contributed by atoms with Gasteiger partial charge in [0.1, 0.15) is 11.5 Å². The quantitative estimate of drug-likeness (QED) is 0.196. The fourth-order valence-electron chi connectivity index (χ4n) is 3.74. The highest BCUT2D eigenvalue weighted by atomic mass is 16.6. The Bertz CT molecular complexity index is 1590. The Balaban J connectivity index is 1.67. The summed E-state index contributed by atoms with van der Waals surface area (Å²) in [6.45, 7) is 0. The molecule has 0 unspecified atom stereocenters. The average molecular weight is 446 g/mol. The van der Waals surface area contributed by atoms with Crippen LogP contribution in [0.5, 0.6) is 0 Å². The van der Waals surface area contributed by atoms with E-state index in [1.54, 1.807) is 60.8 Å². The largest absolute Gasteiger partial charge is 0.293 e. The molecule has 0 spiro atoms. The molecule has 0 radical (unpaired) electrons. The van der Waals surface area contributed by atoms with Gasteiger partial charge in [-0.1, -0.05) is 54.6 Å². The number of benzene rings is 4. The molecule has 7 nitrogen and oxygen atoms in total. The SMILES string of the molecule is O=c1c2ccccc2nc(-c2ccc(N=Cc3ccccc3)cc2)n1-c1ccccc1[N+](=O)[O-]. The monoisotopic (exact) mass is 446 g/mol. The molecule has 0 saturated carbocycles. The predicted molar refractivity (Wildman–Crippen MR) is 133 cm³/mol. The Morgan fingerprint density at radius 2 is 1.50 bits per heavy atom. The summed E-state index contributed by atoms with van der Waals surface area (Å²) in [6.07, 6.45) is 1.77. The third kappa shape index (κ3) is 3.98. The summed E-state index contributed by atoms with van der Waals surface area (Å²) in [6, 6.07) is 30.1. The zero-order valence-corrected chi connectivity index (χ0v) is 17.9. The van der Waals surface area contributed by atoms with Crippen LogP contribution >= 0.6 is 0 Å². The van der Waals surface area contributed by atoms with E-state index in [-0.39, 0.29) is 16.9 Å². The Kier molecular flexibility index (Phi) is 5.50. The van der Waals surface area contributed by atoms with E-state index in [0.29, 0.717) is 22.3 Å². The van der Waals surface area contributed by atoms with E-state index in [0.717, 1.165) is 11.3 Å². The highest BCUT2D eigenvalue weighted by Crippen LogP contribution is 2.28. The van der Waals surface area contributed by atoms with E-state index in [9.17, 15) is 14.9 Å². The summed E-state index contributed by atoms with van der Waals surface area (Å²) < 4.78 is 1.31. The fraction of sp³-hybridized carbons (Fsp3) is 0. The van der Waals surface area contributed by atoms with Crippen molar-refractivity contribution in [2.75, 3.05) is 0 Å². The smallest absolute Gasteiger partial charge is 0.268 e. The molecule has 34 heavy (non-hydrogen) atoms. The summed E-state index contributed by atoms with van der Waals surface area (Å²) in [7, 11) is 0. The second-order valence-corrected chi connectivity index (χ2v) is 7.55. The van der Waals surface area contributed by atoms with Crippen LogP contribution in [0, 0.1) is 10.1 Å². The van der Waals surface area contributed by atoms with E-state index < -0.39 is 4.92 Å². The maximum absolute atomic E-state index is 13.5. The lowest BCUT2D eigenvalue weighted by Gasteiger charge is -2.14. The number of hydrogen-bond acceptors (Lipinski definition) is 5. The van der Waals surface area contributed by atoms with E-state index in [2.05, 4.69) is 4.99 Å². The summed E-state index contributed by atoms with van der Waals surface area (Å²) in [5.41, 5.74) is 2.48. The average Bonchev–Trinajstić information content (AvgIpc) is 2.88. The van der Waals surface area contributed by atoms with Gasteiger partial charge in [-0.25, -0.2) is 4.98 Å². The van der Waals surface area contributed by atoms with Gasteiger partial charge >= 0.3 is 0 Å². The number of nitro groups is 1. The van der Waals surface area contributed by atoms with Crippen LogP contribution in [0.3, 0.4) is 0 Å². The number of aliphatic imine (C=N–C) groups is 1. The standard InChI is InChI=1S/C27H18N4O3/c32-27-22-10-4-5-11-23(22)29-26(30(27)24-12-6-7-13-25(24)31(33)34)20-14-16-21(17-15-20)28-18-19-8-2-1-3-9-19/h1-18H. The topological polar surface area (TPSA) is 90.4 Å². The zero-order chi connectivity index (χ0) is 23.5. The van der Waals surface area contributed by atoms with Crippen LogP contribution < -0.4 is 5.56 Å². The molecule has 0 atom stereocenters. The van der Waals surface area contributed by atoms with Crippen LogP contribution in [0.25, 0.3) is 28.0 Å². The van der Waals surface area contributed by atoms with Crippen LogP contribution in [0.1, 0.15) is 5.56 Å². The molecule has 1 heterocycles. The van der Waals surface area contributed by atoms with Gasteiger partial charge in [-0.2, -0.15) is 0 Å². The second-order valence-electron chi connectivity index (χ2n) is 7.55. The van der Waals surface area contributed by atoms with E-state index >= 15 is 0 Å². The van der Waals surface area contributed by atoms with Crippen LogP contribution in [0.4, 0.5) is 11.4 Å². The van der Waals surface area contributed by atoms with Crippen LogP contribution in [0.15, 0.2) is 113 Å². The third-order valence-electron chi connectivity index (χ3n) is 5.38. The molecule has 0 aliphatic heterocycles. The van der Waals surface area contributed by atoms with Crippen LogP contribution in [-0.2, 0) is 0 Å². The molecule has 0 saturated heterocycles. The number of fused-ring (bicyclic) bond motifs is 1. The minimum Gasteiger partial charge on any atom is -0.268 e. The van der Waals surface area contributed by atoms with Crippen molar-refractivity contribution in [2.45, 2.75) is 0 Å². The highest BCUT2D eigenvalue weighted by molar-refractivity contribution is 5.83. The molecular weight excluding hydrogens is 428 g/mol. The molecule has 5 aromatic rings. The molecule has 0 amide bonds. The number of rotatable bonds is 5. The zero-order valence-electron chi connectivity index (χ0n) is 17.9. The van der Waals surface area contributed by atoms with Crippen molar-refractivity contribution >= 4 is 28.5 Å². The maximum atomic E-state index is 13.5. The third-order valence-corrected chi connectivity index (χ3v) is 5.38. The van der Waals surface area contributed by atoms with Crippen molar-refractivity contribution < 1.29 is 4.92 Å². The van der Waals surface area contributed by atoms with Gasteiger partial charge in [0.05, 0.1) is 21.5 Å². The molecular formula is C27H18N4O3. The van der Waals surface area contributed by atoms with E-state index in [1.807, 2.05) is 42.5 Å². The number of nitro benzene ring substituents is 1. The molecule has 164 valence electrons. The van der Waals surface area contributed by atoms with Gasteiger partial charge < -0.3 is 0 Å². The molecule has 7 heteroatoms. The Morgan fingerprint density at radius 1 is 0.824 bits per heavy atom. The minimum atomic E-state index is -0.498. The van der Waals surface area contributed by atoms with Gasteiger partial charge in [-0.05, 0) is 48.0 Å². The van der Waals surface area contributed by atoms with Gasteiger partial charge in [0.2, 0.25) is 0 Å². The lowest BCUT2D eigenvalue weighted by atomic mass is 10.1. The first-order valence-corrected chi connectivity index (χ1v) is 10.6. The van der Waals surface area contributed by atoms with Gasteiger partial charge in [-0.3, -0.25) is 24.5 Å². The summed E-state index contributed by atoms with van der Waals surface area (Å²) in [5, 5.41) is 12.1. The van der Waals surface area contributed by atoms with Gasteiger partial charge in [0, 0.05) is 17.8 Å². The first kappa shape index (κ1) is 21.0. The van der Waals surface area contributed by atoms with Crippen LogP contribution in [-0.4, -0.2) is 20.7 Å². The molecule has 0 aliphatic rings. The Labute approximate surface area is 194 Å². The lowest BCUT2D eigenvalue weighted by Crippen LogP contribution is -2.22. The maximum Gasteiger partial charge on any atom is 0.293 e. The van der Waals surface area contributed by atoms with E-state index in [4.69, 9.17) is 4.98 Å². The van der Waals surface area contributed by atoms with Crippen molar-refractivity contribution in [1.29, 1.82) is 0 Å². The summed E-state index contributed by atoms with van der Waals surface area (Å²) in [4.78, 5) is 33.9. The fourth-order valence-corrected chi connectivity index (χ4v) is 3.74. The van der Waals surface area contributed by atoms with Gasteiger partial charge in [-0.15, -0.1) is 0 Å². The number of hydrogen-bond donors (Lipinski definition) is 0. The van der Waals surface area contributed by atoms with E-state index in [1.165, 1.54) is 10.6 Å². The normalized spacial score (nSPS) is 11.2. The first-order valence-electron chi connectivity index (χ1n) is 10.6. The minimum absolute atomic E-state index is 0.164. The highest BCUT2D eigenvalue weighted by Gasteiger charge is 2.21. The van der Waals surface area contributed by atoms with Crippen molar-refractivity contribution in [2.24, 2.45) is 4.99 Å². The summed E-state index contributed by atoms with van der Waals surface area (Å²) >= 11 is 0. The molecule has 4 aromatic carbocycles. The first-order chi connectivity index (χ1) is 16.6. The van der Waals surface area contributed by atoms with Gasteiger partial charge in [0.15, 0.2) is 0 Å². The Hall–Kier alpha value is -4.91. The summed E-state index contributed by atoms with van der Waals surface area (Å²) in [5.74, 6) is 0.316. The Morgan fingerprint density at radius 3 is 2.26 bits per heavy atom. The molecule has 0 bridgehead atoms. The van der Waals surface area contributed by atoms with Crippen molar-refractivity contribution in [3.63, 3.8) is 0 Å². The van der Waals surface area contributed by atoms with Crippen molar-refractivity contribution in [3.05, 3.63) is 129 Å². The molecule has 0 N–H and O–H groups in total. The molecule has 1 aromatic heterocycles. The number of aromatic nitrogens is 2. The van der Waals surface area contributed by atoms with Crippen molar-refractivity contribution in [3.8, 4) is 17.1 Å². The molecule has 5 rings (SSSR count). The number of para-hydroxylation sites is 3. The predicted octanol–water partition coefficient (Wildman–Crippen LogP) is 5.71. The lowest BCUT2D eigenvalue weighted by molar-refractivity contribution is -0.384.